The highest BCUT2D eigenvalue weighted by atomic mass is 16.5. The molecule has 1 aromatic rings. The first kappa shape index (κ1) is 16.8. The van der Waals surface area contributed by atoms with E-state index in [1.54, 1.807) is 26.8 Å². The lowest BCUT2D eigenvalue weighted by molar-refractivity contribution is -0.142. The number of amides is 1. The third kappa shape index (κ3) is 4.37. The first-order chi connectivity index (χ1) is 9.68. The second-order valence-electron chi connectivity index (χ2n) is 5.71. The molecule has 6 nitrogen and oxygen atoms in total. The van der Waals surface area contributed by atoms with Crippen LogP contribution in [-0.4, -0.2) is 37.2 Å². The second kappa shape index (κ2) is 6.47. The van der Waals surface area contributed by atoms with Crippen molar-refractivity contribution in [3.63, 3.8) is 0 Å². The maximum absolute atomic E-state index is 12.3. The van der Waals surface area contributed by atoms with Crippen molar-refractivity contribution in [2.75, 3.05) is 14.2 Å². The van der Waals surface area contributed by atoms with Crippen molar-refractivity contribution in [3.05, 3.63) is 23.8 Å². The van der Waals surface area contributed by atoms with Crippen molar-refractivity contribution in [3.8, 4) is 11.5 Å². The average molecular weight is 295 g/mol. The number of carboxylic acid groups (broad SMARTS) is 1. The number of rotatable bonds is 5. The quantitative estimate of drug-likeness (QED) is 0.867. The number of nitrogens with one attached hydrogen (secondary N) is 1. The lowest BCUT2D eigenvalue weighted by Gasteiger charge is -2.27. The van der Waals surface area contributed by atoms with Gasteiger partial charge in [-0.05, 0) is 17.5 Å². The van der Waals surface area contributed by atoms with Gasteiger partial charge in [0, 0.05) is 11.6 Å². The zero-order valence-electron chi connectivity index (χ0n) is 12.9. The van der Waals surface area contributed by atoms with Crippen LogP contribution in [-0.2, 0) is 4.79 Å². The molecule has 0 unspecified atom stereocenters. The molecule has 2 N–H and O–H groups in total. The average Bonchev–Trinajstić information content (AvgIpc) is 2.42. The summed E-state index contributed by atoms with van der Waals surface area (Å²) in [5.74, 6) is -0.649. The van der Waals surface area contributed by atoms with Crippen molar-refractivity contribution in [2.24, 2.45) is 5.41 Å². The molecule has 0 fully saturated rings. The molecule has 0 aliphatic carbocycles. The summed E-state index contributed by atoms with van der Waals surface area (Å²) in [6.07, 6.45) is 0. The molecule has 0 radical (unpaired) electrons. The number of aliphatic carboxylic acids is 1. The van der Waals surface area contributed by atoms with Crippen LogP contribution in [0.15, 0.2) is 18.2 Å². The predicted octanol–water partition coefficient (Wildman–Crippen LogP) is 1.93. The Hall–Kier alpha value is -2.24. The number of benzene rings is 1. The summed E-state index contributed by atoms with van der Waals surface area (Å²) in [5, 5.41) is 11.8. The van der Waals surface area contributed by atoms with Crippen LogP contribution >= 0.6 is 0 Å². The molecule has 0 bridgehead atoms. The standard InChI is InChI=1S/C15H21NO5/c1-15(2,3)12(14(18)19)16-13(17)9-6-10(20-4)8-11(7-9)21-5/h6-8,12H,1-5H3,(H,16,17)(H,18,19)/t12-/m1/s1. The van der Waals surface area contributed by atoms with Gasteiger partial charge in [0.1, 0.15) is 17.5 Å². The summed E-state index contributed by atoms with van der Waals surface area (Å²) in [6, 6.07) is 3.69. The summed E-state index contributed by atoms with van der Waals surface area (Å²) in [7, 11) is 2.96. The van der Waals surface area contributed by atoms with Crippen LogP contribution in [0.1, 0.15) is 31.1 Å². The Kier molecular flexibility index (Phi) is 5.18. The van der Waals surface area contributed by atoms with Crippen LogP contribution in [0.25, 0.3) is 0 Å². The summed E-state index contributed by atoms with van der Waals surface area (Å²) >= 11 is 0. The Bertz CT molecular complexity index is 511. The zero-order chi connectivity index (χ0) is 16.2. The van der Waals surface area contributed by atoms with Gasteiger partial charge in [0.25, 0.3) is 5.91 Å². The van der Waals surface area contributed by atoms with Crippen molar-refractivity contribution in [1.29, 1.82) is 0 Å². The zero-order valence-corrected chi connectivity index (χ0v) is 12.9. The molecule has 1 aromatic carbocycles. The molecule has 0 spiro atoms. The summed E-state index contributed by atoms with van der Waals surface area (Å²) in [4.78, 5) is 23.6. The highest BCUT2D eigenvalue weighted by Crippen LogP contribution is 2.24. The minimum absolute atomic E-state index is 0.279. The highest BCUT2D eigenvalue weighted by Gasteiger charge is 2.32. The number of carbonyl (C=O) groups is 2. The van der Waals surface area contributed by atoms with Gasteiger partial charge in [-0.25, -0.2) is 4.79 Å². The van der Waals surface area contributed by atoms with E-state index in [0.717, 1.165) is 0 Å². The number of carbonyl (C=O) groups excluding carboxylic acids is 1. The van der Waals surface area contributed by atoms with E-state index < -0.39 is 23.3 Å². The predicted molar refractivity (Wildman–Crippen MR) is 77.9 cm³/mol. The molecular weight excluding hydrogens is 274 g/mol. The number of hydrogen-bond acceptors (Lipinski definition) is 4. The van der Waals surface area contributed by atoms with Crippen molar-refractivity contribution >= 4 is 11.9 Å². The molecule has 21 heavy (non-hydrogen) atoms. The molecule has 0 aromatic heterocycles. The van der Waals surface area contributed by atoms with Gasteiger partial charge < -0.3 is 19.9 Å². The summed E-state index contributed by atoms with van der Waals surface area (Å²) in [5.41, 5.74) is -0.327. The fourth-order valence-corrected chi connectivity index (χ4v) is 1.80. The molecule has 6 heteroatoms. The Morgan fingerprint density at radius 1 is 1.10 bits per heavy atom. The minimum Gasteiger partial charge on any atom is -0.497 e. The van der Waals surface area contributed by atoms with Gasteiger partial charge in [-0.1, -0.05) is 20.8 Å². The first-order valence-corrected chi connectivity index (χ1v) is 6.45. The Morgan fingerprint density at radius 3 is 1.90 bits per heavy atom. The molecule has 0 heterocycles. The van der Waals surface area contributed by atoms with Crippen LogP contribution in [0.2, 0.25) is 0 Å². The van der Waals surface area contributed by atoms with Crippen LogP contribution in [0.5, 0.6) is 11.5 Å². The molecule has 0 saturated carbocycles. The van der Waals surface area contributed by atoms with E-state index in [0.29, 0.717) is 11.5 Å². The third-order valence-corrected chi connectivity index (χ3v) is 3.00. The van der Waals surface area contributed by atoms with E-state index in [1.807, 2.05) is 0 Å². The molecule has 1 amide bonds. The van der Waals surface area contributed by atoms with Crippen molar-refractivity contribution in [1.82, 2.24) is 5.32 Å². The van der Waals surface area contributed by atoms with E-state index >= 15 is 0 Å². The Balaban J connectivity index is 3.05. The molecule has 0 aliphatic rings. The number of ether oxygens (including phenoxy) is 2. The normalized spacial score (nSPS) is 12.4. The monoisotopic (exact) mass is 295 g/mol. The lowest BCUT2D eigenvalue weighted by Crippen LogP contribution is -2.49. The largest absolute Gasteiger partial charge is 0.497 e. The topological polar surface area (TPSA) is 84.9 Å². The van der Waals surface area contributed by atoms with Crippen LogP contribution < -0.4 is 14.8 Å². The van der Waals surface area contributed by atoms with Gasteiger partial charge >= 0.3 is 5.97 Å². The summed E-state index contributed by atoms with van der Waals surface area (Å²) in [6.45, 7) is 5.24. The van der Waals surface area contributed by atoms with Gasteiger partial charge in [0.05, 0.1) is 14.2 Å². The molecule has 1 rings (SSSR count). The Labute approximate surface area is 124 Å². The summed E-state index contributed by atoms with van der Waals surface area (Å²) < 4.78 is 10.2. The van der Waals surface area contributed by atoms with Crippen molar-refractivity contribution < 1.29 is 24.2 Å². The molecule has 116 valence electrons. The minimum atomic E-state index is -1.08. The Morgan fingerprint density at radius 2 is 1.57 bits per heavy atom. The third-order valence-electron chi connectivity index (χ3n) is 3.00. The van der Waals surface area contributed by atoms with Crippen LogP contribution in [0.3, 0.4) is 0 Å². The molecule has 1 atom stereocenters. The number of methoxy groups -OCH3 is 2. The lowest BCUT2D eigenvalue weighted by atomic mass is 9.86. The molecular formula is C15H21NO5. The van der Waals surface area contributed by atoms with Gasteiger partial charge in [0.15, 0.2) is 0 Å². The van der Waals surface area contributed by atoms with Gasteiger partial charge in [-0.3, -0.25) is 4.79 Å². The van der Waals surface area contributed by atoms with Crippen LogP contribution in [0, 0.1) is 5.41 Å². The van der Waals surface area contributed by atoms with E-state index in [-0.39, 0.29) is 5.56 Å². The maximum atomic E-state index is 12.3. The van der Waals surface area contributed by atoms with Gasteiger partial charge in [-0.15, -0.1) is 0 Å². The van der Waals surface area contributed by atoms with Gasteiger partial charge in [-0.2, -0.15) is 0 Å². The fraction of sp³-hybridized carbons (Fsp3) is 0.467. The second-order valence-corrected chi connectivity index (χ2v) is 5.71. The molecule has 0 saturated heterocycles. The van der Waals surface area contributed by atoms with E-state index in [1.165, 1.54) is 26.4 Å². The first-order valence-electron chi connectivity index (χ1n) is 6.45. The SMILES string of the molecule is COc1cc(OC)cc(C(=O)N[C@H](C(=O)O)C(C)(C)C)c1. The van der Waals surface area contributed by atoms with Gasteiger partial charge in [0.2, 0.25) is 0 Å². The maximum Gasteiger partial charge on any atom is 0.326 e. The molecule has 0 aliphatic heterocycles. The van der Waals surface area contributed by atoms with Crippen molar-refractivity contribution in [2.45, 2.75) is 26.8 Å². The van der Waals surface area contributed by atoms with E-state index in [4.69, 9.17) is 9.47 Å². The number of hydrogen-bond donors (Lipinski definition) is 2. The highest BCUT2D eigenvalue weighted by molar-refractivity contribution is 5.97. The van der Waals surface area contributed by atoms with Crippen LogP contribution in [0.4, 0.5) is 0 Å². The smallest absolute Gasteiger partial charge is 0.326 e. The van der Waals surface area contributed by atoms with E-state index in [9.17, 15) is 14.7 Å². The fourth-order valence-electron chi connectivity index (χ4n) is 1.80. The number of carboxylic acids is 1. The van der Waals surface area contributed by atoms with E-state index in [2.05, 4.69) is 5.32 Å².